The van der Waals surface area contributed by atoms with Gasteiger partial charge in [0.2, 0.25) is 5.78 Å². The van der Waals surface area contributed by atoms with Gasteiger partial charge in [-0.05, 0) is 50.6 Å². The maximum Gasteiger partial charge on any atom is 0.272 e. The minimum Gasteiger partial charge on any atom is -0.508 e. The summed E-state index contributed by atoms with van der Waals surface area (Å²) in [6, 6.07) is 1.99. The van der Waals surface area contributed by atoms with E-state index in [0.29, 0.717) is 5.56 Å². The minimum absolute atomic E-state index is 0. The lowest BCUT2D eigenvalue weighted by molar-refractivity contribution is -0.153. The molecule has 0 saturated heterocycles. The monoisotopic (exact) mass is 508 g/mol. The number of aliphatic hydroxyl groups is 3. The van der Waals surface area contributed by atoms with E-state index in [1.54, 1.807) is 25.6 Å². The summed E-state index contributed by atoms with van der Waals surface area (Å²) < 4.78 is 0. The summed E-state index contributed by atoms with van der Waals surface area (Å²) in [6.07, 6.45) is 0.309. The summed E-state index contributed by atoms with van der Waals surface area (Å²) in [4.78, 5) is 42.6. The Hall–Kier alpha value is -3.12. The first-order valence-corrected chi connectivity index (χ1v) is 10.8. The molecule has 12 heteroatoms. The molecule has 4 rings (SSSR count). The second-order valence-electron chi connectivity index (χ2n) is 9.42. The fourth-order valence-corrected chi connectivity index (χ4v) is 5.70. The Balaban J connectivity index is 0.00000342. The first-order chi connectivity index (χ1) is 15.9. The molecule has 0 aliphatic heterocycles. The zero-order chi connectivity index (χ0) is 25.3. The van der Waals surface area contributed by atoms with E-state index >= 15 is 0 Å². The van der Waals surface area contributed by atoms with Crippen LogP contribution in [-0.4, -0.2) is 82.6 Å². The van der Waals surface area contributed by atoms with E-state index in [-0.39, 0.29) is 42.1 Å². The molecule has 0 heterocycles. The number of phenols is 1. The second kappa shape index (κ2) is 8.83. The van der Waals surface area contributed by atoms with Crippen molar-refractivity contribution in [1.82, 2.24) is 10.3 Å². The number of aliphatic hydroxyl groups excluding tert-OH is 2. The van der Waals surface area contributed by atoms with E-state index in [1.807, 2.05) is 19.0 Å². The number of hydrazine groups is 1. The number of amides is 1. The summed E-state index contributed by atoms with van der Waals surface area (Å²) in [5.74, 6) is -1.29. The molecule has 35 heavy (non-hydrogen) atoms. The highest BCUT2D eigenvalue weighted by molar-refractivity contribution is 6.24. The number of carbonyl (C=O) groups excluding carboxylic acids is 3. The van der Waals surface area contributed by atoms with Crippen LogP contribution in [-0.2, 0) is 20.8 Å². The fourth-order valence-electron chi connectivity index (χ4n) is 5.70. The van der Waals surface area contributed by atoms with E-state index in [0.717, 1.165) is 5.69 Å². The minimum atomic E-state index is -2.64. The predicted octanol–water partition coefficient (Wildman–Crippen LogP) is -0.0436. The molecule has 3 aliphatic carbocycles. The third kappa shape index (κ3) is 3.49. The molecule has 1 amide bonds. The molecular weight excluding hydrogens is 480 g/mol. The van der Waals surface area contributed by atoms with E-state index in [2.05, 4.69) is 0 Å². The Morgan fingerprint density at radius 2 is 1.77 bits per heavy atom. The second-order valence-corrected chi connectivity index (χ2v) is 9.42. The lowest BCUT2D eigenvalue weighted by atomic mass is 9.57. The van der Waals surface area contributed by atoms with E-state index in [4.69, 9.17) is 5.84 Å². The van der Waals surface area contributed by atoms with Crippen molar-refractivity contribution in [2.24, 2.45) is 17.7 Å². The van der Waals surface area contributed by atoms with Gasteiger partial charge in [-0.2, -0.15) is 0 Å². The molecule has 1 saturated carbocycles. The first kappa shape index (κ1) is 26.5. The Morgan fingerprint density at radius 1 is 1.14 bits per heavy atom. The van der Waals surface area contributed by atoms with Crippen molar-refractivity contribution in [3.63, 3.8) is 0 Å². The molecule has 0 bridgehead atoms. The largest absolute Gasteiger partial charge is 0.508 e. The number of aromatic hydroxyl groups is 1. The van der Waals surface area contributed by atoms with Crippen molar-refractivity contribution < 1.29 is 34.8 Å². The smallest absolute Gasteiger partial charge is 0.272 e. The van der Waals surface area contributed by atoms with Crippen molar-refractivity contribution in [3.05, 3.63) is 40.2 Å². The van der Waals surface area contributed by atoms with Gasteiger partial charge in [0.1, 0.15) is 22.8 Å². The van der Waals surface area contributed by atoms with Gasteiger partial charge >= 0.3 is 0 Å². The van der Waals surface area contributed by atoms with Crippen molar-refractivity contribution in [2.45, 2.75) is 24.5 Å². The van der Waals surface area contributed by atoms with Crippen LogP contribution >= 0.6 is 12.4 Å². The molecule has 1 aromatic rings. The molecule has 1 fully saturated rings. The van der Waals surface area contributed by atoms with E-state index in [9.17, 15) is 34.8 Å². The van der Waals surface area contributed by atoms with Crippen molar-refractivity contribution >= 4 is 41.3 Å². The molecule has 0 spiro atoms. The van der Waals surface area contributed by atoms with Gasteiger partial charge in [-0.25, -0.2) is 5.84 Å². The number of hydrogen-bond acceptors (Lipinski definition) is 10. The topological polar surface area (TPSA) is 177 Å². The number of phenolic OH excluding ortho intramolecular Hbond substituents is 1. The Labute approximate surface area is 207 Å². The van der Waals surface area contributed by atoms with E-state index in [1.165, 1.54) is 11.0 Å². The van der Waals surface area contributed by atoms with Crippen LogP contribution in [0.4, 0.5) is 5.69 Å². The van der Waals surface area contributed by atoms with Crippen molar-refractivity contribution in [2.75, 3.05) is 33.1 Å². The van der Waals surface area contributed by atoms with Crippen molar-refractivity contribution in [3.8, 4) is 5.75 Å². The first-order valence-electron chi connectivity index (χ1n) is 10.8. The number of ketones is 2. The van der Waals surface area contributed by atoms with Gasteiger partial charge in [0.25, 0.3) is 5.91 Å². The molecule has 1 aromatic carbocycles. The number of likely N-dealkylation sites (N-methyl/N-ethyl adjacent to an activating group) is 1. The third-order valence-corrected chi connectivity index (χ3v) is 7.17. The highest BCUT2D eigenvalue weighted by atomic mass is 35.5. The van der Waals surface area contributed by atoms with Crippen LogP contribution in [0.2, 0.25) is 0 Å². The lowest BCUT2D eigenvalue weighted by Crippen LogP contribution is -2.66. The summed E-state index contributed by atoms with van der Waals surface area (Å²) in [5, 5.41) is 44.2. The number of halogens is 1. The lowest BCUT2D eigenvalue weighted by Gasteiger charge is -2.50. The summed E-state index contributed by atoms with van der Waals surface area (Å²) in [6.45, 7) is 0. The predicted molar refractivity (Wildman–Crippen MR) is 129 cm³/mol. The van der Waals surface area contributed by atoms with Crippen LogP contribution in [0, 0.1) is 11.8 Å². The Kier molecular flexibility index (Phi) is 6.68. The van der Waals surface area contributed by atoms with Crippen LogP contribution < -0.4 is 16.2 Å². The quantitative estimate of drug-likeness (QED) is 0.140. The molecule has 7 N–H and O–H groups in total. The molecule has 3 unspecified atom stereocenters. The maximum absolute atomic E-state index is 13.8. The van der Waals surface area contributed by atoms with Gasteiger partial charge in [-0.1, -0.05) is 0 Å². The SMILES string of the molecule is CN(C)c1ccc(O)c2c1CC1CC3[C@H](N(C)C)C(=O)C(C(=O)NN)=C(O)C3(O)C(=O)C1=C2O.Cl. The summed E-state index contributed by atoms with van der Waals surface area (Å²) >= 11 is 0. The van der Waals surface area contributed by atoms with Crippen LogP contribution in [0.3, 0.4) is 0 Å². The number of anilines is 1. The number of Topliss-reactive ketones (excluding diaryl/α,β-unsaturated/α-hetero) is 2. The third-order valence-electron chi connectivity index (χ3n) is 7.17. The number of fused-ring (bicyclic) bond motifs is 3. The zero-order valence-electron chi connectivity index (χ0n) is 19.7. The van der Waals surface area contributed by atoms with Crippen LogP contribution in [0.15, 0.2) is 29.0 Å². The maximum atomic E-state index is 13.8. The highest BCUT2D eigenvalue weighted by Crippen LogP contribution is 2.53. The van der Waals surface area contributed by atoms with Crippen LogP contribution in [0.5, 0.6) is 5.75 Å². The van der Waals surface area contributed by atoms with Gasteiger partial charge in [0, 0.05) is 31.3 Å². The van der Waals surface area contributed by atoms with Gasteiger partial charge in [-0.3, -0.25) is 24.7 Å². The average molecular weight is 509 g/mol. The summed E-state index contributed by atoms with van der Waals surface area (Å²) in [5.41, 5.74) is -0.405. The van der Waals surface area contributed by atoms with Crippen LogP contribution in [0.1, 0.15) is 17.5 Å². The Morgan fingerprint density at radius 3 is 2.31 bits per heavy atom. The number of nitrogens with one attached hydrogen (secondary N) is 1. The number of nitrogens with zero attached hydrogens (tertiary/aromatic N) is 2. The summed E-state index contributed by atoms with van der Waals surface area (Å²) in [7, 11) is 6.74. The average Bonchev–Trinajstić information content (AvgIpc) is 2.75. The fraction of sp³-hybridized carbons (Fsp3) is 0.435. The number of benzene rings is 1. The van der Waals surface area contributed by atoms with Crippen molar-refractivity contribution in [1.29, 1.82) is 0 Å². The van der Waals surface area contributed by atoms with E-state index < -0.39 is 58.0 Å². The highest BCUT2D eigenvalue weighted by Gasteiger charge is 2.64. The molecular formula is C23H29ClN4O7. The molecule has 0 aromatic heterocycles. The van der Waals surface area contributed by atoms with Gasteiger partial charge < -0.3 is 25.3 Å². The van der Waals surface area contributed by atoms with Gasteiger partial charge in [0.05, 0.1) is 11.6 Å². The normalized spacial score (nSPS) is 27.7. The van der Waals surface area contributed by atoms with Gasteiger partial charge in [0.15, 0.2) is 11.4 Å². The Bertz CT molecular complexity index is 1190. The molecule has 190 valence electrons. The molecule has 11 nitrogen and oxygen atoms in total. The zero-order valence-corrected chi connectivity index (χ0v) is 20.5. The van der Waals surface area contributed by atoms with Crippen LogP contribution in [0.25, 0.3) is 5.76 Å². The standard InChI is InChI=1S/C23H28N4O7.ClH/c1-26(2)12-5-6-13(28)15-10(12)7-9-8-11-17(27(3)4)19(30)16(22(33)25-24)21(32)23(11,34)20(31)14(9)18(15)29;/h5-6,9,11,17,28-29,32,34H,7-8,24H2,1-4H3,(H,25,33);1H/t9?,11?,17-,23?;/m0./s1. The number of carbonyl (C=O) groups is 3. The molecule has 4 atom stereocenters. The molecule has 3 aliphatic rings. The number of hydrogen-bond donors (Lipinski definition) is 6. The van der Waals surface area contributed by atoms with Gasteiger partial charge in [-0.15, -0.1) is 12.4 Å². The number of rotatable bonds is 3. The number of nitrogens with two attached hydrogens (primary N) is 1. The molecule has 0 radical (unpaired) electrons.